The second-order valence-corrected chi connectivity index (χ2v) is 26.7. The Morgan fingerprint density at radius 3 is 0.652 bits per heavy atom. The van der Waals surface area contributed by atoms with Gasteiger partial charge in [0, 0.05) is 12.8 Å². The minimum atomic E-state index is -0.775. The normalized spacial score (nSPS) is 12.9. The van der Waals surface area contributed by atoms with Crippen molar-refractivity contribution in [3.05, 3.63) is 122 Å². The fourth-order valence-electron chi connectivity index (χ4n) is 11.9. The molecule has 0 bridgehead atoms. The molecule has 0 aromatic rings. The molecule has 5 nitrogen and oxygen atoms in total. The lowest BCUT2D eigenvalue weighted by atomic mass is 10.0. The average Bonchev–Trinajstić information content (AvgIpc) is 3.64. The van der Waals surface area contributed by atoms with E-state index in [4.69, 9.17) is 9.47 Å². The Hall–Kier alpha value is -3.70. The molecule has 0 amide bonds. The number of allylic oxidation sites excluding steroid dienone is 20. The van der Waals surface area contributed by atoms with E-state index in [2.05, 4.69) is 135 Å². The third kappa shape index (κ3) is 78.7. The molecule has 0 aliphatic carbocycles. The van der Waals surface area contributed by atoms with Crippen molar-refractivity contribution in [2.75, 3.05) is 13.2 Å². The van der Waals surface area contributed by atoms with Crippen molar-refractivity contribution in [3.63, 3.8) is 0 Å². The number of aliphatic hydroxyl groups is 1. The van der Waals surface area contributed by atoms with Gasteiger partial charge in [-0.05, 0) is 103 Å². The molecular weight excluding hydrogens is 1120 g/mol. The fourth-order valence-corrected chi connectivity index (χ4v) is 11.9. The van der Waals surface area contributed by atoms with Gasteiger partial charge in [-0.15, -0.1) is 0 Å². The standard InChI is InChI=1S/C87H152O5/c1-3-5-7-9-11-13-15-17-19-21-23-25-27-29-31-33-35-37-39-41-42-43-44-46-48-50-52-54-56-58-60-62-64-66-68-70-72-74-76-78-80-82-87(90)92-85(83-88)84-91-86(89)81-79-77-75-73-71-69-67-65-63-61-59-57-55-53-51-49-47-45-40-38-36-34-32-30-28-26-24-22-20-18-16-14-12-10-8-6-4-2/h5-8,11-14,17-20,23-26,29-32,85,88H,3-4,9-10,15-16,21-22,27-28,33-84H2,1-2H3/b7-5-,8-6-,13-11-,14-12-,19-17-,20-18-,25-23-,26-24-,31-29-,32-30-. The van der Waals surface area contributed by atoms with E-state index in [1.54, 1.807) is 0 Å². The number of hydrogen-bond acceptors (Lipinski definition) is 5. The highest BCUT2D eigenvalue weighted by Crippen LogP contribution is 2.19. The molecule has 0 heterocycles. The Labute approximate surface area is 573 Å². The zero-order valence-corrected chi connectivity index (χ0v) is 61.0. The van der Waals surface area contributed by atoms with Crippen LogP contribution in [-0.2, 0) is 19.1 Å². The minimum absolute atomic E-state index is 0.0632. The molecule has 530 valence electrons. The SMILES string of the molecule is CC/C=C\C/C=C\C/C=C\C/C=C\C/C=C\CCCCCCCCCCCCCCCCCCCCCCCCCCCC(=O)OC(CO)COC(=O)CCCCCCCCCCCCCCCCCCCCCCC/C=C\C/C=C\C/C=C\C/C=C\C/C=C\CC. The molecule has 92 heavy (non-hydrogen) atoms. The van der Waals surface area contributed by atoms with Crippen LogP contribution in [0.15, 0.2) is 122 Å². The first-order valence-electron chi connectivity index (χ1n) is 40.1. The molecule has 5 heteroatoms. The third-order valence-electron chi connectivity index (χ3n) is 17.8. The molecule has 1 N–H and O–H groups in total. The lowest BCUT2D eigenvalue weighted by Gasteiger charge is -2.15. The second-order valence-electron chi connectivity index (χ2n) is 26.7. The first kappa shape index (κ1) is 88.3. The lowest BCUT2D eigenvalue weighted by molar-refractivity contribution is -0.161. The van der Waals surface area contributed by atoms with Gasteiger partial charge in [0.25, 0.3) is 0 Å². The molecule has 0 spiro atoms. The summed E-state index contributed by atoms with van der Waals surface area (Å²) >= 11 is 0. The largest absolute Gasteiger partial charge is 0.462 e. The van der Waals surface area contributed by atoms with Crippen LogP contribution in [0.5, 0.6) is 0 Å². The molecule has 0 aromatic carbocycles. The van der Waals surface area contributed by atoms with Crippen molar-refractivity contribution >= 4 is 11.9 Å². The van der Waals surface area contributed by atoms with Crippen LogP contribution >= 0.6 is 0 Å². The van der Waals surface area contributed by atoms with Gasteiger partial charge >= 0.3 is 11.9 Å². The van der Waals surface area contributed by atoms with E-state index in [1.165, 1.54) is 270 Å². The van der Waals surface area contributed by atoms with Crippen molar-refractivity contribution in [3.8, 4) is 0 Å². The number of hydrogen-bond donors (Lipinski definition) is 1. The molecule has 0 saturated carbocycles. The zero-order valence-electron chi connectivity index (χ0n) is 61.0. The maximum atomic E-state index is 12.4. The number of carbonyl (C=O) groups is 2. The van der Waals surface area contributed by atoms with Gasteiger partial charge in [-0.25, -0.2) is 0 Å². The maximum Gasteiger partial charge on any atom is 0.306 e. The van der Waals surface area contributed by atoms with Crippen LogP contribution in [0.3, 0.4) is 0 Å². The molecule has 0 aromatic heterocycles. The highest BCUT2D eigenvalue weighted by molar-refractivity contribution is 5.70. The predicted molar refractivity (Wildman–Crippen MR) is 408 cm³/mol. The van der Waals surface area contributed by atoms with Gasteiger partial charge in [0.05, 0.1) is 6.61 Å². The van der Waals surface area contributed by atoms with E-state index in [9.17, 15) is 14.7 Å². The predicted octanol–water partition coefficient (Wildman–Crippen LogP) is 28.4. The highest BCUT2D eigenvalue weighted by atomic mass is 16.6. The monoisotopic (exact) mass is 1280 g/mol. The molecule has 1 unspecified atom stereocenters. The van der Waals surface area contributed by atoms with E-state index in [-0.39, 0.29) is 25.2 Å². The van der Waals surface area contributed by atoms with E-state index in [0.29, 0.717) is 12.8 Å². The van der Waals surface area contributed by atoms with Gasteiger partial charge in [0.1, 0.15) is 6.61 Å². The topological polar surface area (TPSA) is 72.8 Å². The summed E-state index contributed by atoms with van der Waals surface area (Å²) in [4.78, 5) is 24.7. The first-order chi connectivity index (χ1) is 45.6. The third-order valence-corrected chi connectivity index (χ3v) is 17.8. The number of unbranched alkanes of at least 4 members (excludes halogenated alkanes) is 46. The number of carbonyl (C=O) groups excluding carboxylic acids is 2. The summed E-state index contributed by atoms with van der Waals surface area (Å²) in [5, 5.41) is 9.73. The summed E-state index contributed by atoms with van der Waals surface area (Å²) in [6.07, 6.45) is 120. The van der Waals surface area contributed by atoms with Gasteiger partial charge in [0.15, 0.2) is 6.10 Å². The lowest BCUT2D eigenvalue weighted by Crippen LogP contribution is -2.28. The van der Waals surface area contributed by atoms with Crippen molar-refractivity contribution in [1.29, 1.82) is 0 Å². The summed E-state index contributed by atoms with van der Waals surface area (Å²) < 4.78 is 10.8. The summed E-state index contributed by atoms with van der Waals surface area (Å²) in [5.74, 6) is -0.570. The van der Waals surface area contributed by atoms with Gasteiger partial charge in [-0.3, -0.25) is 9.59 Å². The van der Waals surface area contributed by atoms with Crippen LogP contribution in [0, 0.1) is 0 Å². The van der Waals surface area contributed by atoms with Crippen molar-refractivity contribution in [2.45, 2.75) is 405 Å². The molecule has 0 rings (SSSR count). The number of rotatable bonds is 74. The fraction of sp³-hybridized carbons (Fsp3) is 0.747. The smallest absolute Gasteiger partial charge is 0.306 e. The van der Waals surface area contributed by atoms with Crippen LogP contribution in [-0.4, -0.2) is 36.4 Å². The molecular formula is C87H152O5. The van der Waals surface area contributed by atoms with Crippen LogP contribution < -0.4 is 0 Å². The summed E-state index contributed by atoms with van der Waals surface area (Å²) in [6.45, 7) is 3.96. The molecule has 0 aliphatic rings. The quantitative estimate of drug-likeness (QED) is 0.0373. The molecule has 0 saturated heterocycles. The Morgan fingerprint density at radius 1 is 0.250 bits per heavy atom. The van der Waals surface area contributed by atoms with Gasteiger partial charge < -0.3 is 14.6 Å². The molecule has 1 atom stereocenters. The Kier molecular flexibility index (Phi) is 78.3. The maximum absolute atomic E-state index is 12.4. The van der Waals surface area contributed by atoms with E-state index >= 15 is 0 Å². The number of aliphatic hydroxyl groups excluding tert-OH is 1. The highest BCUT2D eigenvalue weighted by Gasteiger charge is 2.16. The zero-order chi connectivity index (χ0) is 66.1. The van der Waals surface area contributed by atoms with Crippen LogP contribution in [0.1, 0.15) is 399 Å². The van der Waals surface area contributed by atoms with E-state index in [0.717, 1.165) is 103 Å². The summed E-state index contributed by atoms with van der Waals surface area (Å²) in [6, 6.07) is 0. The van der Waals surface area contributed by atoms with Crippen LogP contribution in [0.25, 0.3) is 0 Å². The molecule has 0 aliphatic heterocycles. The summed E-state index contributed by atoms with van der Waals surface area (Å²) in [5.41, 5.74) is 0. The minimum Gasteiger partial charge on any atom is -0.462 e. The van der Waals surface area contributed by atoms with Crippen molar-refractivity contribution in [2.24, 2.45) is 0 Å². The Morgan fingerprint density at radius 2 is 0.435 bits per heavy atom. The van der Waals surface area contributed by atoms with Crippen molar-refractivity contribution in [1.82, 2.24) is 0 Å². The van der Waals surface area contributed by atoms with Crippen LogP contribution in [0.2, 0.25) is 0 Å². The molecule has 0 radical (unpaired) electrons. The number of esters is 2. The average molecular weight is 1280 g/mol. The Bertz CT molecular complexity index is 1790. The molecule has 0 fully saturated rings. The first-order valence-corrected chi connectivity index (χ1v) is 40.1. The number of ether oxygens (including phenoxy) is 2. The van der Waals surface area contributed by atoms with Gasteiger partial charge in [-0.2, -0.15) is 0 Å². The Balaban J connectivity index is 3.40. The van der Waals surface area contributed by atoms with Gasteiger partial charge in [0.2, 0.25) is 0 Å². The van der Waals surface area contributed by atoms with Gasteiger partial charge in [-0.1, -0.05) is 405 Å². The van der Waals surface area contributed by atoms with E-state index < -0.39 is 6.10 Å². The summed E-state index contributed by atoms with van der Waals surface area (Å²) in [7, 11) is 0. The van der Waals surface area contributed by atoms with Crippen molar-refractivity contribution < 1.29 is 24.2 Å². The second kappa shape index (κ2) is 81.5. The van der Waals surface area contributed by atoms with Crippen LogP contribution in [0.4, 0.5) is 0 Å². The van der Waals surface area contributed by atoms with E-state index in [1.807, 2.05) is 0 Å².